The third-order valence-electron chi connectivity index (χ3n) is 3.40. The van der Waals surface area contributed by atoms with Crippen LogP contribution in [0.3, 0.4) is 0 Å². The van der Waals surface area contributed by atoms with E-state index >= 15 is 0 Å². The maximum atomic E-state index is 12.4. The fraction of sp³-hybridized carbons (Fsp3) is 0.188. The van der Waals surface area contributed by atoms with Crippen LogP contribution in [0.1, 0.15) is 34.6 Å². The predicted molar refractivity (Wildman–Crippen MR) is 77.6 cm³/mol. The molecule has 21 heavy (non-hydrogen) atoms. The molecule has 1 heterocycles. The van der Waals surface area contributed by atoms with Crippen molar-refractivity contribution in [2.45, 2.75) is 13.0 Å². The van der Waals surface area contributed by atoms with Crippen LogP contribution in [-0.4, -0.2) is 27.9 Å². The number of phenolic OH excluding ortho intramolecular Hbond substituents is 1. The van der Waals surface area contributed by atoms with Gasteiger partial charge in [-0.25, -0.2) is 4.98 Å². The van der Waals surface area contributed by atoms with E-state index in [1.165, 1.54) is 17.2 Å². The molecule has 1 aromatic heterocycles. The molecule has 0 bridgehead atoms. The second-order valence-electron chi connectivity index (χ2n) is 4.69. The molecule has 0 saturated heterocycles. The SMILES string of the molecule is CC(c1ccccc1O)N(C)C(=O)c1ccc(C#N)cn1. The first-order valence-corrected chi connectivity index (χ1v) is 6.45. The minimum absolute atomic E-state index is 0.150. The van der Waals surface area contributed by atoms with Crippen LogP contribution < -0.4 is 0 Å². The molecule has 2 aromatic rings. The number of hydrogen-bond donors (Lipinski definition) is 1. The highest BCUT2D eigenvalue weighted by Crippen LogP contribution is 2.27. The Kier molecular flexibility index (Phi) is 4.19. The van der Waals surface area contributed by atoms with E-state index in [-0.39, 0.29) is 23.4 Å². The van der Waals surface area contributed by atoms with Crippen LogP contribution in [0.15, 0.2) is 42.6 Å². The first-order valence-electron chi connectivity index (χ1n) is 6.45. The molecule has 2 rings (SSSR count). The molecular formula is C16H15N3O2. The Morgan fingerprint density at radius 2 is 2.05 bits per heavy atom. The zero-order valence-electron chi connectivity index (χ0n) is 11.8. The summed E-state index contributed by atoms with van der Waals surface area (Å²) in [4.78, 5) is 17.9. The van der Waals surface area contributed by atoms with Crippen LogP contribution in [0.2, 0.25) is 0 Å². The lowest BCUT2D eigenvalue weighted by Crippen LogP contribution is -2.30. The van der Waals surface area contributed by atoms with Crippen molar-refractivity contribution < 1.29 is 9.90 Å². The van der Waals surface area contributed by atoms with Gasteiger partial charge in [-0.15, -0.1) is 0 Å². The molecule has 1 atom stereocenters. The zero-order chi connectivity index (χ0) is 15.4. The van der Waals surface area contributed by atoms with Gasteiger partial charge in [0, 0.05) is 18.8 Å². The minimum Gasteiger partial charge on any atom is -0.508 e. The van der Waals surface area contributed by atoms with Crippen molar-refractivity contribution in [1.82, 2.24) is 9.88 Å². The van der Waals surface area contributed by atoms with Crippen molar-refractivity contribution >= 4 is 5.91 Å². The van der Waals surface area contributed by atoms with Gasteiger partial charge in [0.25, 0.3) is 5.91 Å². The first-order chi connectivity index (χ1) is 10.0. The standard InChI is InChI=1S/C16H15N3O2/c1-11(13-5-3-4-6-15(13)20)19(2)16(21)14-8-7-12(9-17)10-18-14/h3-8,10-11,20H,1-2H3. The quantitative estimate of drug-likeness (QED) is 0.937. The summed E-state index contributed by atoms with van der Waals surface area (Å²) in [5.41, 5.74) is 1.34. The number of phenols is 1. The summed E-state index contributed by atoms with van der Waals surface area (Å²) >= 11 is 0. The van der Waals surface area contributed by atoms with E-state index in [0.717, 1.165) is 0 Å². The molecule has 0 radical (unpaired) electrons. The van der Waals surface area contributed by atoms with Crippen molar-refractivity contribution in [3.8, 4) is 11.8 Å². The van der Waals surface area contributed by atoms with E-state index in [9.17, 15) is 9.90 Å². The number of benzene rings is 1. The Labute approximate surface area is 123 Å². The summed E-state index contributed by atoms with van der Waals surface area (Å²) < 4.78 is 0. The Hall–Kier alpha value is -2.87. The normalized spacial score (nSPS) is 11.5. The van der Waals surface area contributed by atoms with Crippen molar-refractivity contribution in [3.63, 3.8) is 0 Å². The predicted octanol–water partition coefficient (Wildman–Crippen LogP) is 2.49. The van der Waals surface area contributed by atoms with Gasteiger partial charge in [-0.2, -0.15) is 5.26 Å². The van der Waals surface area contributed by atoms with Crippen molar-refractivity contribution in [3.05, 3.63) is 59.4 Å². The number of hydrogen-bond acceptors (Lipinski definition) is 4. The molecule has 0 aliphatic heterocycles. The number of nitriles is 1. The van der Waals surface area contributed by atoms with Crippen molar-refractivity contribution in [2.24, 2.45) is 0 Å². The van der Waals surface area contributed by atoms with Crippen LogP contribution in [0.25, 0.3) is 0 Å². The van der Waals surface area contributed by atoms with Gasteiger partial charge in [0.2, 0.25) is 0 Å². The molecule has 5 heteroatoms. The van der Waals surface area contributed by atoms with Gasteiger partial charge in [0.05, 0.1) is 11.6 Å². The Morgan fingerprint density at radius 3 is 2.62 bits per heavy atom. The molecule has 0 spiro atoms. The molecule has 1 amide bonds. The van der Waals surface area contributed by atoms with Gasteiger partial charge in [0.1, 0.15) is 17.5 Å². The van der Waals surface area contributed by atoms with Gasteiger partial charge in [0.15, 0.2) is 0 Å². The number of carbonyl (C=O) groups excluding carboxylic acids is 1. The molecule has 0 aliphatic carbocycles. The molecule has 0 aliphatic rings. The second-order valence-corrected chi connectivity index (χ2v) is 4.69. The summed E-state index contributed by atoms with van der Waals surface area (Å²) in [6.45, 7) is 1.83. The molecule has 1 N–H and O–H groups in total. The molecule has 5 nitrogen and oxygen atoms in total. The molecule has 1 aromatic carbocycles. The van der Waals surface area contributed by atoms with Gasteiger partial charge < -0.3 is 10.0 Å². The number of amides is 1. The number of aromatic nitrogens is 1. The summed E-state index contributed by atoms with van der Waals surface area (Å²) in [6, 6.07) is 11.6. The van der Waals surface area contributed by atoms with Crippen LogP contribution in [0.4, 0.5) is 0 Å². The molecule has 106 valence electrons. The molecule has 0 saturated carbocycles. The van der Waals surface area contributed by atoms with Gasteiger partial charge in [-0.1, -0.05) is 18.2 Å². The maximum Gasteiger partial charge on any atom is 0.272 e. The van der Waals surface area contributed by atoms with E-state index < -0.39 is 0 Å². The highest BCUT2D eigenvalue weighted by atomic mass is 16.3. The fourth-order valence-corrected chi connectivity index (χ4v) is 1.99. The molecule has 1 unspecified atom stereocenters. The van der Waals surface area contributed by atoms with Gasteiger partial charge >= 0.3 is 0 Å². The van der Waals surface area contributed by atoms with Crippen LogP contribution in [-0.2, 0) is 0 Å². The monoisotopic (exact) mass is 281 g/mol. The van der Waals surface area contributed by atoms with E-state index in [1.54, 1.807) is 31.3 Å². The highest BCUT2D eigenvalue weighted by molar-refractivity contribution is 5.92. The number of aromatic hydroxyl groups is 1. The number of rotatable bonds is 3. The Bertz CT molecular complexity index is 689. The minimum atomic E-state index is -0.295. The first kappa shape index (κ1) is 14.5. The third kappa shape index (κ3) is 3.00. The molecular weight excluding hydrogens is 266 g/mol. The fourth-order valence-electron chi connectivity index (χ4n) is 1.99. The van der Waals surface area contributed by atoms with E-state index in [1.807, 2.05) is 19.1 Å². The van der Waals surface area contributed by atoms with Crippen LogP contribution in [0, 0.1) is 11.3 Å². The number of nitrogens with zero attached hydrogens (tertiary/aromatic N) is 3. The summed E-state index contributed by atoms with van der Waals surface area (Å²) in [5, 5.41) is 18.6. The summed E-state index contributed by atoms with van der Waals surface area (Å²) in [6.07, 6.45) is 1.37. The van der Waals surface area contributed by atoms with E-state index in [2.05, 4.69) is 4.98 Å². The number of para-hydroxylation sites is 1. The number of pyridine rings is 1. The Morgan fingerprint density at radius 1 is 1.33 bits per heavy atom. The largest absolute Gasteiger partial charge is 0.508 e. The second kappa shape index (κ2) is 6.06. The van der Waals surface area contributed by atoms with Gasteiger partial charge in [-0.05, 0) is 25.1 Å². The lowest BCUT2D eigenvalue weighted by molar-refractivity contribution is 0.0735. The maximum absolute atomic E-state index is 12.4. The lowest BCUT2D eigenvalue weighted by atomic mass is 10.1. The number of carbonyl (C=O) groups is 1. The van der Waals surface area contributed by atoms with Crippen LogP contribution >= 0.6 is 0 Å². The zero-order valence-corrected chi connectivity index (χ0v) is 11.8. The Balaban J connectivity index is 2.22. The average Bonchev–Trinajstić information content (AvgIpc) is 2.53. The smallest absolute Gasteiger partial charge is 0.272 e. The summed E-state index contributed by atoms with van der Waals surface area (Å²) in [5.74, 6) is -0.118. The van der Waals surface area contributed by atoms with E-state index in [4.69, 9.17) is 5.26 Å². The van der Waals surface area contributed by atoms with E-state index in [0.29, 0.717) is 11.1 Å². The third-order valence-corrected chi connectivity index (χ3v) is 3.40. The van der Waals surface area contributed by atoms with Gasteiger partial charge in [-0.3, -0.25) is 4.79 Å². The van der Waals surface area contributed by atoms with Crippen molar-refractivity contribution in [1.29, 1.82) is 5.26 Å². The van der Waals surface area contributed by atoms with Crippen molar-refractivity contribution in [2.75, 3.05) is 7.05 Å². The lowest BCUT2D eigenvalue weighted by Gasteiger charge is -2.25. The average molecular weight is 281 g/mol. The summed E-state index contributed by atoms with van der Waals surface area (Å²) in [7, 11) is 1.65. The topological polar surface area (TPSA) is 77.2 Å². The molecule has 0 fully saturated rings. The van der Waals surface area contributed by atoms with Crippen LogP contribution in [0.5, 0.6) is 5.75 Å². The highest BCUT2D eigenvalue weighted by Gasteiger charge is 2.21.